The molecule has 0 heterocycles. The van der Waals surface area contributed by atoms with Crippen molar-refractivity contribution in [1.29, 1.82) is 0 Å². The lowest BCUT2D eigenvalue weighted by molar-refractivity contribution is -0.148. The van der Waals surface area contributed by atoms with E-state index < -0.39 is 36.3 Å². The van der Waals surface area contributed by atoms with Crippen molar-refractivity contribution >= 4 is 17.9 Å². The number of nitrogens with zero attached hydrogens (tertiary/aromatic N) is 1. The minimum absolute atomic E-state index is 0.0498. The first-order valence-corrected chi connectivity index (χ1v) is 12.7. The van der Waals surface area contributed by atoms with Crippen molar-refractivity contribution in [3.63, 3.8) is 0 Å². The lowest BCUT2D eigenvalue weighted by atomic mass is 9.86. The average Bonchev–Trinajstić information content (AvgIpc) is 2.70. The van der Waals surface area contributed by atoms with Crippen LogP contribution in [0, 0.1) is 13.8 Å². The van der Waals surface area contributed by atoms with E-state index in [0.29, 0.717) is 0 Å². The monoisotopic (exact) mass is 489 g/mol. The van der Waals surface area contributed by atoms with Crippen LogP contribution in [0.3, 0.4) is 0 Å². The number of carbonyl (C=O) groups excluding carboxylic acids is 3. The highest BCUT2D eigenvalue weighted by molar-refractivity contribution is 5.93. The van der Waals surface area contributed by atoms with E-state index >= 15 is 0 Å². The van der Waals surface area contributed by atoms with Gasteiger partial charge in [0.25, 0.3) is 0 Å². The molecule has 8 nitrogen and oxygen atoms in total. The maximum Gasteiger partial charge on any atom is 0.408 e. The molecule has 1 aromatic carbocycles. The Bertz CT molecular complexity index is 871. The number of aryl methyl sites for hydroxylation is 2. The third kappa shape index (κ3) is 7.69. The molecule has 0 spiro atoms. The zero-order chi connectivity index (χ0) is 26.3. The second-order valence-corrected chi connectivity index (χ2v) is 10.6. The predicted octanol–water partition coefficient (Wildman–Crippen LogP) is 3.92. The molecule has 1 aromatic rings. The highest BCUT2D eigenvalue weighted by Gasteiger charge is 2.43. The first-order chi connectivity index (χ1) is 16.4. The fourth-order valence-electron chi connectivity index (χ4n) is 4.48. The Balaban J connectivity index is 2.49. The SMILES string of the molecule is CCCC(C)NC(=O)C(c1c(C)cccc1C)N(C(=O)C(CO)NC(=O)OC(C)(C)C)C1CCC1. The Morgan fingerprint density at radius 3 is 2.20 bits per heavy atom. The molecule has 0 aromatic heterocycles. The lowest BCUT2D eigenvalue weighted by Gasteiger charge is -2.44. The number of aliphatic hydroxyl groups is 1. The van der Waals surface area contributed by atoms with Gasteiger partial charge in [-0.05, 0) is 83.9 Å². The van der Waals surface area contributed by atoms with Crippen molar-refractivity contribution in [3.8, 4) is 0 Å². The summed E-state index contributed by atoms with van der Waals surface area (Å²) in [7, 11) is 0. The number of aliphatic hydroxyl groups excluding tert-OH is 1. The second-order valence-electron chi connectivity index (χ2n) is 10.6. The number of amides is 3. The molecule has 3 unspecified atom stereocenters. The first-order valence-electron chi connectivity index (χ1n) is 12.7. The maximum atomic E-state index is 13.9. The van der Waals surface area contributed by atoms with E-state index in [1.807, 2.05) is 39.0 Å². The van der Waals surface area contributed by atoms with Crippen molar-refractivity contribution in [2.75, 3.05) is 6.61 Å². The number of alkyl carbamates (subject to hydrolysis) is 1. The predicted molar refractivity (Wildman–Crippen MR) is 136 cm³/mol. The van der Waals surface area contributed by atoms with Gasteiger partial charge in [0, 0.05) is 12.1 Å². The molecule has 1 fully saturated rings. The van der Waals surface area contributed by atoms with E-state index in [2.05, 4.69) is 17.6 Å². The average molecular weight is 490 g/mol. The van der Waals surface area contributed by atoms with Crippen LogP contribution in [0.15, 0.2) is 18.2 Å². The lowest BCUT2D eigenvalue weighted by Crippen LogP contribution is -2.59. The van der Waals surface area contributed by atoms with Crippen molar-refractivity contribution < 1.29 is 24.2 Å². The molecule has 35 heavy (non-hydrogen) atoms. The largest absolute Gasteiger partial charge is 0.444 e. The Morgan fingerprint density at radius 1 is 1.14 bits per heavy atom. The van der Waals surface area contributed by atoms with Gasteiger partial charge >= 0.3 is 6.09 Å². The number of hydrogen-bond acceptors (Lipinski definition) is 5. The van der Waals surface area contributed by atoms with Crippen molar-refractivity contribution in [3.05, 3.63) is 34.9 Å². The third-order valence-electron chi connectivity index (χ3n) is 6.35. The summed E-state index contributed by atoms with van der Waals surface area (Å²) in [5, 5.41) is 15.7. The highest BCUT2D eigenvalue weighted by atomic mass is 16.6. The fourth-order valence-corrected chi connectivity index (χ4v) is 4.48. The minimum Gasteiger partial charge on any atom is -0.444 e. The van der Waals surface area contributed by atoms with Crippen LogP contribution in [0.4, 0.5) is 4.79 Å². The van der Waals surface area contributed by atoms with Crippen molar-refractivity contribution in [1.82, 2.24) is 15.5 Å². The highest BCUT2D eigenvalue weighted by Crippen LogP contribution is 2.36. The fraction of sp³-hybridized carbons (Fsp3) is 0.667. The quantitative estimate of drug-likeness (QED) is 0.462. The molecule has 1 aliphatic rings. The van der Waals surface area contributed by atoms with Gasteiger partial charge in [-0.2, -0.15) is 0 Å². The number of rotatable bonds is 10. The summed E-state index contributed by atoms with van der Waals surface area (Å²) in [5.74, 6) is -0.744. The van der Waals surface area contributed by atoms with Gasteiger partial charge < -0.3 is 25.4 Å². The smallest absolute Gasteiger partial charge is 0.408 e. The first kappa shape index (κ1) is 28.6. The summed E-state index contributed by atoms with van der Waals surface area (Å²) >= 11 is 0. The molecule has 3 amide bonds. The van der Waals surface area contributed by atoms with Crippen LogP contribution in [-0.4, -0.2) is 58.2 Å². The Hall–Kier alpha value is -2.61. The van der Waals surface area contributed by atoms with Crippen LogP contribution in [0.2, 0.25) is 0 Å². The van der Waals surface area contributed by atoms with Crippen LogP contribution in [-0.2, 0) is 14.3 Å². The maximum absolute atomic E-state index is 13.9. The van der Waals surface area contributed by atoms with Gasteiger partial charge in [0.1, 0.15) is 17.7 Å². The van der Waals surface area contributed by atoms with Crippen LogP contribution < -0.4 is 10.6 Å². The van der Waals surface area contributed by atoms with Crippen LogP contribution >= 0.6 is 0 Å². The number of carbonyl (C=O) groups is 3. The number of ether oxygens (including phenoxy) is 1. The Kier molecular flexibility index (Phi) is 10.1. The molecule has 0 bridgehead atoms. The Labute approximate surface area is 209 Å². The third-order valence-corrected chi connectivity index (χ3v) is 6.35. The van der Waals surface area contributed by atoms with Gasteiger partial charge in [-0.25, -0.2) is 4.79 Å². The molecule has 3 atom stereocenters. The molecule has 1 aliphatic carbocycles. The molecule has 0 saturated heterocycles. The zero-order valence-electron chi connectivity index (χ0n) is 22.3. The van der Waals surface area contributed by atoms with E-state index in [0.717, 1.165) is 48.8 Å². The molecule has 196 valence electrons. The van der Waals surface area contributed by atoms with Crippen molar-refractivity contribution in [2.24, 2.45) is 0 Å². The minimum atomic E-state index is -1.22. The Morgan fingerprint density at radius 2 is 1.74 bits per heavy atom. The van der Waals surface area contributed by atoms with E-state index in [-0.39, 0.29) is 18.0 Å². The van der Waals surface area contributed by atoms with Gasteiger partial charge in [-0.1, -0.05) is 31.5 Å². The van der Waals surface area contributed by atoms with Crippen LogP contribution in [0.25, 0.3) is 0 Å². The zero-order valence-corrected chi connectivity index (χ0v) is 22.3. The summed E-state index contributed by atoms with van der Waals surface area (Å²) in [4.78, 5) is 41.6. The van der Waals surface area contributed by atoms with Gasteiger partial charge in [0.05, 0.1) is 6.61 Å². The van der Waals surface area contributed by atoms with Gasteiger partial charge in [-0.15, -0.1) is 0 Å². The summed E-state index contributed by atoms with van der Waals surface area (Å²) in [6.07, 6.45) is 3.42. The van der Waals surface area contributed by atoms with E-state index in [4.69, 9.17) is 4.74 Å². The van der Waals surface area contributed by atoms with Gasteiger partial charge in [0.15, 0.2) is 0 Å². The normalized spacial score (nSPS) is 16.5. The number of hydrogen-bond donors (Lipinski definition) is 3. The topological polar surface area (TPSA) is 108 Å². The van der Waals surface area contributed by atoms with Crippen molar-refractivity contribution in [2.45, 2.75) is 110 Å². The summed E-state index contributed by atoms with van der Waals surface area (Å²) < 4.78 is 5.30. The van der Waals surface area contributed by atoms with Crippen LogP contribution in [0.1, 0.15) is 89.5 Å². The number of benzene rings is 1. The molecule has 1 saturated carbocycles. The van der Waals surface area contributed by atoms with Crippen LogP contribution in [0.5, 0.6) is 0 Å². The molecular formula is C27H43N3O5. The number of nitrogens with one attached hydrogen (secondary N) is 2. The molecular weight excluding hydrogens is 446 g/mol. The van der Waals surface area contributed by atoms with Gasteiger partial charge in [0.2, 0.25) is 11.8 Å². The molecule has 0 radical (unpaired) electrons. The summed E-state index contributed by atoms with van der Waals surface area (Å²) in [5.41, 5.74) is 1.84. The molecule has 3 N–H and O–H groups in total. The van der Waals surface area contributed by atoms with E-state index in [1.54, 1.807) is 25.7 Å². The van der Waals surface area contributed by atoms with E-state index in [1.165, 1.54) is 0 Å². The van der Waals surface area contributed by atoms with Gasteiger partial charge in [-0.3, -0.25) is 9.59 Å². The summed E-state index contributed by atoms with van der Waals surface area (Å²) in [6.45, 7) is 12.5. The van der Waals surface area contributed by atoms with E-state index in [9.17, 15) is 19.5 Å². The molecule has 0 aliphatic heterocycles. The second kappa shape index (κ2) is 12.4. The standard InChI is InChI=1S/C27H43N3O5/c1-8-11-19(4)28-24(32)23(22-17(2)12-9-13-18(22)3)30(20-14-10-15-20)25(33)21(16-31)29-26(34)35-27(5,6)7/h9,12-13,19-21,23,31H,8,10-11,14-16H2,1-7H3,(H,28,32)(H,29,34). The summed E-state index contributed by atoms with van der Waals surface area (Å²) in [6, 6.07) is 3.49. The molecule has 2 rings (SSSR count). The molecule has 8 heteroatoms.